The molecule has 1 aliphatic rings. The third-order valence-corrected chi connectivity index (χ3v) is 4.15. The van der Waals surface area contributed by atoms with Gasteiger partial charge in [0.25, 0.3) is 0 Å². The molecule has 0 N–H and O–H groups in total. The number of carbonyl (C=O) groups excluding carboxylic acids is 1. The van der Waals surface area contributed by atoms with Gasteiger partial charge >= 0.3 is 5.97 Å². The molecule has 24 heavy (non-hydrogen) atoms. The Labute approximate surface area is 147 Å². The van der Waals surface area contributed by atoms with Crippen molar-refractivity contribution >= 4 is 33.9 Å². The largest absolute Gasteiger partial charge is 0.497 e. The maximum atomic E-state index is 12.1. The Balaban J connectivity index is 2.02. The van der Waals surface area contributed by atoms with Crippen LogP contribution in [0.1, 0.15) is 11.1 Å². The van der Waals surface area contributed by atoms with E-state index in [9.17, 15) is 4.79 Å². The summed E-state index contributed by atoms with van der Waals surface area (Å²) in [6.07, 6.45) is 1.62. The second-order valence-corrected chi connectivity index (χ2v) is 5.78. The molecule has 0 fully saturated rings. The van der Waals surface area contributed by atoms with Crippen molar-refractivity contribution in [2.24, 2.45) is 4.99 Å². The summed E-state index contributed by atoms with van der Waals surface area (Å²) in [7, 11) is 3.14. The van der Waals surface area contributed by atoms with Gasteiger partial charge in [-0.3, -0.25) is 0 Å². The zero-order valence-corrected chi connectivity index (χ0v) is 14.7. The minimum atomic E-state index is -0.509. The summed E-state index contributed by atoms with van der Waals surface area (Å²) in [6.45, 7) is 0. The molecule has 0 amide bonds. The van der Waals surface area contributed by atoms with Gasteiger partial charge in [-0.25, -0.2) is 9.79 Å². The summed E-state index contributed by atoms with van der Waals surface area (Å²) in [4.78, 5) is 16.4. The van der Waals surface area contributed by atoms with Crippen LogP contribution >= 0.6 is 15.9 Å². The Morgan fingerprint density at radius 1 is 1.12 bits per heavy atom. The molecule has 0 atom stereocenters. The lowest BCUT2D eigenvalue weighted by atomic mass is 10.1. The number of esters is 1. The van der Waals surface area contributed by atoms with Gasteiger partial charge in [-0.2, -0.15) is 0 Å². The molecule has 0 spiro atoms. The molecule has 2 aromatic carbocycles. The molecule has 0 radical (unpaired) electrons. The lowest BCUT2D eigenvalue weighted by Crippen LogP contribution is -2.05. The molecule has 2 aromatic rings. The molecular formula is C18H14BrNO4. The van der Waals surface area contributed by atoms with Crippen LogP contribution < -0.4 is 9.47 Å². The summed E-state index contributed by atoms with van der Waals surface area (Å²) < 4.78 is 16.6. The molecule has 0 aliphatic carbocycles. The van der Waals surface area contributed by atoms with Crippen LogP contribution in [0, 0.1) is 0 Å². The van der Waals surface area contributed by atoms with Crippen LogP contribution in [-0.4, -0.2) is 26.1 Å². The van der Waals surface area contributed by atoms with Crippen LogP contribution in [-0.2, 0) is 9.53 Å². The Bertz CT molecular complexity index is 858. The van der Waals surface area contributed by atoms with Crippen molar-refractivity contribution in [2.75, 3.05) is 14.2 Å². The van der Waals surface area contributed by atoms with Crippen LogP contribution in [0.15, 0.2) is 57.6 Å². The average molecular weight is 388 g/mol. The molecule has 0 saturated carbocycles. The first kappa shape index (κ1) is 16.3. The average Bonchev–Trinajstić information content (AvgIpc) is 2.95. The van der Waals surface area contributed by atoms with Crippen molar-refractivity contribution in [3.05, 3.63) is 63.8 Å². The van der Waals surface area contributed by atoms with Crippen molar-refractivity contribution < 1.29 is 19.0 Å². The van der Waals surface area contributed by atoms with Gasteiger partial charge in [0.05, 0.1) is 19.8 Å². The van der Waals surface area contributed by atoms with Gasteiger partial charge < -0.3 is 14.2 Å². The third kappa shape index (κ3) is 3.19. The summed E-state index contributed by atoms with van der Waals surface area (Å²) in [5.41, 5.74) is 1.60. The van der Waals surface area contributed by atoms with E-state index in [4.69, 9.17) is 14.2 Å². The van der Waals surface area contributed by atoms with E-state index in [0.29, 0.717) is 22.6 Å². The number of rotatable bonds is 4. The summed E-state index contributed by atoms with van der Waals surface area (Å²) in [5.74, 6) is 1.02. The summed E-state index contributed by atoms with van der Waals surface area (Å²) in [5, 5.41) is 0. The van der Waals surface area contributed by atoms with E-state index >= 15 is 0 Å². The second-order valence-electron chi connectivity index (χ2n) is 4.92. The predicted octanol–water partition coefficient (Wildman–Crippen LogP) is 3.81. The maximum absolute atomic E-state index is 12.1. The normalized spacial score (nSPS) is 15.2. The van der Waals surface area contributed by atoms with E-state index in [2.05, 4.69) is 20.9 Å². The first-order valence-electron chi connectivity index (χ1n) is 7.12. The maximum Gasteiger partial charge on any atom is 0.363 e. The molecule has 6 heteroatoms. The first-order valence-corrected chi connectivity index (χ1v) is 7.91. The van der Waals surface area contributed by atoms with Crippen molar-refractivity contribution in [1.82, 2.24) is 0 Å². The predicted molar refractivity (Wildman–Crippen MR) is 94.3 cm³/mol. The van der Waals surface area contributed by atoms with Gasteiger partial charge in [0, 0.05) is 10.0 Å². The second kappa shape index (κ2) is 6.88. The van der Waals surface area contributed by atoms with E-state index in [1.165, 1.54) is 0 Å². The molecule has 1 heterocycles. The van der Waals surface area contributed by atoms with E-state index in [-0.39, 0.29) is 11.6 Å². The number of cyclic esters (lactones) is 1. The lowest BCUT2D eigenvalue weighted by molar-refractivity contribution is -0.129. The third-order valence-electron chi connectivity index (χ3n) is 3.45. The molecule has 0 aromatic heterocycles. The molecule has 0 bridgehead atoms. The van der Waals surface area contributed by atoms with Crippen LogP contribution in [0.25, 0.3) is 6.08 Å². The number of hydrogen-bond acceptors (Lipinski definition) is 5. The highest BCUT2D eigenvalue weighted by atomic mass is 79.9. The molecular weight excluding hydrogens is 374 g/mol. The molecule has 0 unspecified atom stereocenters. The number of ether oxygens (including phenoxy) is 3. The number of aliphatic imine (C=N–C) groups is 1. The van der Waals surface area contributed by atoms with Crippen LogP contribution in [0.4, 0.5) is 0 Å². The van der Waals surface area contributed by atoms with Crippen LogP contribution in [0.2, 0.25) is 0 Å². The van der Waals surface area contributed by atoms with Crippen molar-refractivity contribution in [1.29, 1.82) is 0 Å². The van der Waals surface area contributed by atoms with E-state index in [1.807, 2.05) is 24.3 Å². The highest BCUT2D eigenvalue weighted by molar-refractivity contribution is 9.10. The fraction of sp³-hybridized carbons (Fsp3) is 0.111. The van der Waals surface area contributed by atoms with E-state index < -0.39 is 5.97 Å². The Morgan fingerprint density at radius 2 is 1.92 bits per heavy atom. The molecule has 1 aliphatic heterocycles. The summed E-state index contributed by atoms with van der Waals surface area (Å²) in [6, 6.07) is 12.7. The number of nitrogens with zero attached hydrogens (tertiary/aromatic N) is 1. The van der Waals surface area contributed by atoms with Gasteiger partial charge in [-0.1, -0.05) is 12.1 Å². The van der Waals surface area contributed by atoms with Gasteiger partial charge in [0.2, 0.25) is 5.90 Å². The quantitative estimate of drug-likeness (QED) is 0.591. The van der Waals surface area contributed by atoms with Crippen molar-refractivity contribution in [3.8, 4) is 11.5 Å². The fourth-order valence-corrected chi connectivity index (χ4v) is 2.71. The Hall–Kier alpha value is -2.60. The monoisotopic (exact) mass is 387 g/mol. The fourth-order valence-electron chi connectivity index (χ4n) is 2.26. The number of halogens is 1. The zero-order chi connectivity index (χ0) is 17.1. The van der Waals surface area contributed by atoms with Crippen LogP contribution in [0.3, 0.4) is 0 Å². The van der Waals surface area contributed by atoms with Crippen molar-refractivity contribution in [2.45, 2.75) is 0 Å². The summed E-state index contributed by atoms with van der Waals surface area (Å²) >= 11 is 3.43. The number of methoxy groups -OCH3 is 2. The van der Waals surface area contributed by atoms with Gasteiger partial charge in [-0.05, 0) is 52.3 Å². The highest BCUT2D eigenvalue weighted by Crippen LogP contribution is 2.29. The number of carbonyl (C=O) groups is 1. The number of hydrogen-bond donors (Lipinski definition) is 0. The standard InChI is InChI=1S/C18H14BrNO4/c1-22-12-7-8-16(23-2)11(9-12)10-15-18(21)24-17(20-15)13-5-3-4-6-14(13)19/h3-10H,1-2H3/b15-10-. The molecule has 122 valence electrons. The minimum Gasteiger partial charge on any atom is -0.497 e. The first-order chi connectivity index (χ1) is 11.6. The van der Waals surface area contributed by atoms with E-state index in [1.54, 1.807) is 38.5 Å². The molecule has 0 saturated heterocycles. The molecule has 5 nitrogen and oxygen atoms in total. The van der Waals surface area contributed by atoms with E-state index in [0.717, 1.165) is 4.47 Å². The van der Waals surface area contributed by atoms with Gasteiger partial charge in [0.15, 0.2) is 5.70 Å². The van der Waals surface area contributed by atoms with Crippen molar-refractivity contribution in [3.63, 3.8) is 0 Å². The van der Waals surface area contributed by atoms with Gasteiger partial charge in [-0.15, -0.1) is 0 Å². The zero-order valence-electron chi connectivity index (χ0n) is 13.1. The smallest absolute Gasteiger partial charge is 0.363 e. The Kier molecular flexibility index (Phi) is 4.66. The minimum absolute atomic E-state index is 0.201. The van der Waals surface area contributed by atoms with Gasteiger partial charge in [0.1, 0.15) is 11.5 Å². The number of benzene rings is 2. The molecule has 3 rings (SSSR count). The lowest BCUT2D eigenvalue weighted by Gasteiger charge is -2.07. The van der Waals surface area contributed by atoms with Crippen LogP contribution in [0.5, 0.6) is 11.5 Å². The Morgan fingerprint density at radius 3 is 2.62 bits per heavy atom. The highest BCUT2D eigenvalue weighted by Gasteiger charge is 2.25. The SMILES string of the molecule is COc1ccc(OC)c(/C=C2\N=C(c3ccccc3Br)OC2=O)c1. The topological polar surface area (TPSA) is 57.1 Å².